The maximum atomic E-state index is 12.2. The van der Waals surface area contributed by atoms with Crippen LogP contribution in [0.4, 0.5) is 4.79 Å². The minimum atomic E-state index is -0.440. The number of carbonyl (C=O) groups excluding carboxylic acids is 2. The molecule has 0 aromatic rings. The van der Waals surface area contributed by atoms with Crippen molar-refractivity contribution in [1.82, 2.24) is 4.90 Å². The zero-order chi connectivity index (χ0) is 16.1. The van der Waals surface area contributed by atoms with Gasteiger partial charge in [0.1, 0.15) is 11.9 Å². The zero-order valence-electron chi connectivity index (χ0n) is 14.3. The quantitative estimate of drug-likeness (QED) is 0.415. The molecule has 0 spiro atoms. The molecule has 0 unspecified atom stereocenters. The van der Waals surface area contributed by atoms with Gasteiger partial charge in [-0.15, -0.1) is 0 Å². The van der Waals surface area contributed by atoms with Gasteiger partial charge >= 0.3 is 6.09 Å². The van der Waals surface area contributed by atoms with E-state index in [9.17, 15) is 9.59 Å². The largest absolute Gasteiger partial charge is 0.444 e. The average molecular weight is 299 g/mol. The molecule has 0 heterocycles. The summed E-state index contributed by atoms with van der Waals surface area (Å²) in [6.07, 6.45) is 8.76. The van der Waals surface area contributed by atoms with Crippen LogP contribution >= 0.6 is 0 Å². The summed E-state index contributed by atoms with van der Waals surface area (Å²) in [4.78, 5) is 24.3. The summed E-state index contributed by atoms with van der Waals surface area (Å²) < 4.78 is 5.47. The lowest BCUT2D eigenvalue weighted by Crippen LogP contribution is -2.38. The second kappa shape index (κ2) is 11.6. The maximum absolute atomic E-state index is 12.2. The lowest BCUT2D eigenvalue weighted by molar-refractivity contribution is -0.107. The monoisotopic (exact) mass is 299 g/mol. The Balaban J connectivity index is 4.12. The number of hydrogen-bond acceptors (Lipinski definition) is 3. The number of rotatable bonds is 11. The highest BCUT2D eigenvalue weighted by atomic mass is 16.6. The van der Waals surface area contributed by atoms with Crippen LogP contribution in [0, 0.1) is 0 Å². The average Bonchev–Trinajstić information content (AvgIpc) is 2.38. The van der Waals surface area contributed by atoms with E-state index in [1.54, 1.807) is 0 Å². The van der Waals surface area contributed by atoms with Gasteiger partial charge in [-0.1, -0.05) is 32.6 Å². The van der Waals surface area contributed by atoms with Crippen LogP contribution in [0.25, 0.3) is 0 Å². The van der Waals surface area contributed by atoms with Crippen molar-refractivity contribution in [2.75, 3.05) is 13.1 Å². The van der Waals surface area contributed by atoms with Crippen LogP contribution in [0.5, 0.6) is 0 Å². The highest BCUT2D eigenvalue weighted by molar-refractivity contribution is 5.68. The second-order valence-corrected chi connectivity index (χ2v) is 6.54. The lowest BCUT2D eigenvalue weighted by atomic mass is 10.1. The minimum Gasteiger partial charge on any atom is -0.444 e. The molecule has 4 heteroatoms. The fourth-order valence-electron chi connectivity index (χ4n) is 2.06. The molecular weight excluding hydrogens is 266 g/mol. The molecule has 0 aliphatic heterocycles. The molecule has 21 heavy (non-hydrogen) atoms. The predicted molar refractivity (Wildman–Crippen MR) is 86.5 cm³/mol. The van der Waals surface area contributed by atoms with Crippen LogP contribution in [0.15, 0.2) is 0 Å². The third kappa shape index (κ3) is 12.4. The van der Waals surface area contributed by atoms with Gasteiger partial charge in [-0.2, -0.15) is 0 Å². The number of amides is 1. The van der Waals surface area contributed by atoms with Gasteiger partial charge in [0.15, 0.2) is 0 Å². The summed E-state index contributed by atoms with van der Waals surface area (Å²) in [7, 11) is 0. The Morgan fingerprint density at radius 2 is 1.57 bits per heavy atom. The van der Waals surface area contributed by atoms with Crippen molar-refractivity contribution in [1.29, 1.82) is 0 Å². The SMILES string of the molecule is CCCCCN(CCCCCCC=O)C(=O)OC(C)(C)C. The molecule has 0 radical (unpaired) electrons. The third-order valence-electron chi connectivity index (χ3n) is 3.18. The summed E-state index contributed by atoms with van der Waals surface area (Å²) in [6, 6.07) is 0. The van der Waals surface area contributed by atoms with Gasteiger partial charge in [0.05, 0.1) is 0 Å². The van der Waals surface area contributed by atoms with Crippen LogP contribution in [0.1, 0.15) is 79.1 Å². The first kappa shape index (κ1) is 19.9. The van der Waals surface area contributed by atoms with Crippen molar-refractivity contribution < 1.29 is 14.3 Å². The smallest absolute Gasteiger partial charge is 0.410 e. The van der Waals surface area contributed by atoms with Crippen LogP contribution < -0.4 is 0 Å². The fraction of sp³-hybridized carbons (Fsp3) is 0.882. The molecule has 0 bridgehead atoms. The molecule has 0 atom stereocenters. The molecule has 1 amide bonds. The summed E-state index contributed by atoms with van der Waals surface area (Å²) in [6.45, 7) is 9.37. The normalized spacial score (nSPS) is 11.2. The van der Waals surface area contributed by atoms with E-state index in [4.69, 9.17) is 4.74 Å². The third-order valence-corrected chi connectivity index (χ3v) is 3.18. The molecule has 0 rings (SSSR count). The number of nitrogens with zero attached hydrogens (tertiary/aromatic N) is 1. The minimum absolute atomic E-state index is 0.202. The first-order chi connectivity index (χ1) is 9.90. The maximum Gasteiger partial charge on any atom is 0.410 e. The Kier molecular flexibility index (Phi) is 11.0. The first-order valence-corrected chi connectivity index (χ1v) is 8.32. The Labute approximate surface area is 130 Å². The fourth-order valence-corrected chi connectivity index (χ4v) is 2.06. The van der Waals surface area contributed by atoms with Crippen molar-refractivity contribution in [3.05, 3.63) is 0 Å². The van der Waals surface area contributed by atoms with E-state index in [-0.39, 0.29) is 6.09 Å². The van der Waals surface area contributed by atoms with E-state index in [0.717, 1.165) is 64.3 Å². The Bertz CT molecular complexity index is 284. The summed E-state index contributed by atoms with van der Waals surface area (Å²) in [5.41, 5.74) is -0.440. The molecule has 0 saturated heterocycles. The lowest BCUT2D eigenvalue weighted by Gasteiger charge is -2.27. The second-order valence-electron chi connectivity index (χ2n) is 6.54. The van der Waals surface area contributed by atoms with Crippen molar-refractivity contribution in [3.8, 4) is 0 Å². The first-order valence-electron chi connectivity index (χ1n) is 8.32. The molecule has 0 aliphatic carbocycles. The highest BCUT2D eigenvalue weighted by Crippen LogP contribution is 2.12. The van der Waals surface area contributed by atoms with E-state index >= 15 is 0 Å². The van der Waals surface area contributed by atoms with Gasteiger partial charge in [-0.25, -0.2) is 4.79 Å². The van der Waals surface area contributed by atoms with Crippen LogP contribution in [0.2, 0.25) is 0 Å². The zero-order valence-corrected chi connectivity index (χ0v) is 14.3. The molecule has 0 aliphatic rings. The summed E-state index contributed by atoms with van der Waals surface area (Å²) >= 11 is 0. The van der Waals surface area contributed by atoms with Crippen LogP contribution in [0.3, 0.4) is 0 Å². The number of aldehydes is 1. The van der Waals surface area contributed by atoms with Crippen molar-refractivity contribution in [3.63, 3.8) is 0 Å². The van der Waals surface area contributed by atoms with Gasteiger partial charge in [0.2, 0.25) is 0 Å². The molecule has 124 valence electrons. The van der Waals surface area contributed by atoms with E-state index in [0.29, 0.717) is 6.42 Å². The van der Waals surface area contributed by atoms with Gasteiger partial charge in [0.25, 0.3) is 0 Å². The van der Waals surface area contributed by atoms with Gasteiger partial charge < -0.3 is 14.4 Å². The van der Waals surface area contributed by atoms with E-state index in [1.165, 1.54) is 0 Å². The van der Waals surface area contributed by atoms with Crippen molar-refractivity contribution >= 4 is 12.4 Å². The van der Waals surface area contributed by atoms with E-state index < -0.39 is 5.60 Å². The summed E-state index contributed by atoms with van der Waals surface area (Å²) in [5, 5.41) is 0. The predicted octanol–water partition coefficient (Wildman–Crippen LogP) is 4.56. The molecule has 0 saturated carbocycles. The van der Waals surface area contributed by atoms with E-state index in [2.05, 4.69) is 6.92 Å². The molecule has 4 nitrogen and oxygen atoms in total. The number of hydrogen-bond donors (Lipinski definition) is 0. The Hall–Kier alpha value is -1.06. The topological polar surface area (TPSA) is 46.6 Å². The van der Waals surface area contributed by atoms with Crippen molar-refractivity contribution in [2.24, 2.45) is 0 Å². The molecule has 0 fully saturated rings. The van der Waals surface area contributed by atoms with Crippen molar-refractivity contribution in [2.45, 2.75) is 84.7 Å². The highest BCUT2D eigenvalue weighted by Gasteiger charge is 2.21. The molecule has 0 aromatic carbocycles. The number of unbranched alkanes of at least 4 members (excludes halogenated alkanes) is 6. The van der Waals surface area contributed by atoms with Gasteiger partial charge in [-0.05, 0) is 40.0 Å². The summed E-state index contributed by atoms with van der Waals surface area (Å²) in [5.74, 6) is 0. The van der Waals surface area contributed by atoms with Gasteiger partial charge in [-0.3, -0.25) is 0 Å². The number of carbonyl (C=O) groups is 2. The van der Waals surface area contributed by atoms with E-state index in [1.807, 2.05) is 25.7 Å². The van der Waals surface area contributed by atoms with Crippen LogP contribution in [-0.4, -0.2) is 36.0 Å². The molecule has 0 aromatic heterocycles. The number of ether oxygens (including phenoxy) is 1. The molecule has 0 N–H and O–H groups in total. The molecular formula is C17H33NO3. The van der Waals surface area contributed by atoms with Gasteiger partial charge in [0, 0.05) is 19.5 Å². The van der Waals surface area contributed by atoms with Crippen LogP contribution in [-0.2, 0) is 9.53 Å². The Morgan fingerprint density at radius 3 is 2.10 bits per heavy atom. The Morgan fingerprint density at radius 1 is 1.00 bits per heavy atom. The standard InChI is InChI=1S/C17H33NO3/c1-5-6-10-13-18(16(20)21-17(2,3)4)14-11-8-7-9-12-15-19/h15H,5-14H2,1-4H3.